The van der Waals surface area contributed by atoms with Gasteiger partial charge in [0.1, 0.15) is 0 Å². The van der Waals surface area contributed by atoms with E-state index in [0.717, 1.165) is 42.7 Å². The van der Waals surface area contributed by atoms with E-state index in [1.54, 1.807) is 13.0 Å². The highest BCUT2D eigenvalue weighted by atomic mass is 16.5. The Balaban J connectivity index is 1.73. The van der Waals surface area contributed by atoms with Crippen molar-refractivity contribution >= 4 is 29.0 Å². The van der Waals surface area contributed by atoms with Crippen molar-refractivity contribution in [2.45, 2.75) is 53.4 Å². The maximum absolute atomic E-state index is 11.8. The second kappa shape index (κ2) is 14.7. The molecule has 0 bridgehead atoms. The van der Waals surface area contributed by atoms with E-state index in [2.05, 4.69) is 92.1 Å². The lowest BCUT2D eigenvalue weighted by atomic mass is 10.1. The van der Waals surface area contributed by atoms with E-state index in [1.807, 2.05) is 6.92 Å². The Hall–Kier alpha value is -4.12. The van der Waals surface area contributed by atoms with Crippen molar-refractivity contribution < 1.29 is 19.1 Å². The lowest BCUT2D eigenvalue weighted by molar-refractivity contribution is -0.139. The average Bonchev–Trinajstić information content (AvgIpc) is 2.96. The third-order valence-electron chi connectivity index (χ3n) is 6.76. The first kappa shape index (κ1) is 29.4. The number of anilines is 3. The molecule has 0 radical (unpaired) electrons. The minimum absolute atomic E-state index is 0.251. The molecule has 5 nitrogen and oxygen atoms in total. The zero-order valence-electron chi connectivity index (χ0n) is 23.5. The van der Waals surface area contributed by atoms with Crippen molar-refractivity contribution in [3.05, 3.63) is 113 Å². The van der Waals surface area contributed by atoms with Gasteiger partial charge in [0, 0.05) is 28.7 Å². The van der Waals surface area contributed by atoms with Crippen LogP contribution in [0.2, 0.25) is 0 Å². The molecule has 0 unspecified atom stereocenters. The third kappa shape index (κ3) is 8.71. The average molecular weight is 526 g/mol. The quantitative estimate of drug-likeness (QED) is 0.129. The number of allylic oxidation sites excluding steroid dienone is 1. The van der Waals surface area contributed by atoms with Crippen LogP contribution in [-0.2, 0) is 31.9 Å². The van der Waals surface area contributed by atoms with Crippen molar-refractivity contribution in [1.29, 1.82) is 0 Å². The molecule has 0 atom stereocenters. The van der Waals surface area contributed by atoms with Crippen LogP contribution >= 0.6 is 0 Å². The summed E-state index contributed by atoms with van der Waals surface area (Å²) in [5.41, 5.74) is 8.75. The summed E-state index contributed by atoms with van der Waals surface area (Å²) in [5, 5.41) is 0. The topological polar surface area (TPSA) is 55.8 Å². The second-order valence-corrected chi connectivity index (χ2v) is 9.62. The third-order valence-corrected chi connectivity index (χ3v) is 6.76. The zero-order valence-corrected chi connectivity index (χ0v) is 23.5. The maximum atomic E-state index is 11.8. The van der Waals surface area contributed by atoms with Crippen LogP contribution in [0.15, 0.2) is 91.0 Å². The molecule has 0 N–H and O–H groups in total. The number of carbonyl (C=O) groups excluding carboxylic acids is 2. The Bertz CT molecular complexity index is 1290. The summed E-state index contributed by atoms with van der Waals surface area (Å²) in [6.45, 7) is 12.1. The number of ether oxygens (including phenoxy) is 2. The highest BCUT2D eigenvalue weighted by Gasteiger charge is 2.14. The smallest absolute Gasteiger partial charge is 0.333 e. The molecule has 0 aromatic heterocycles. The first-order valence-electron chi connectivity index (χ1n) is 13.5. The largest absolute Gasteiger partial charge is 0.463 e. The fourth-order valence-electron chi connectivity index (χ4n) is 4.12. The number of hydrogen-bond acceptors (Lipinski definition) is 5. The number of nitrogens with zero attached hydrogens (tertiary/aromatic N) is 1. The number of esters is 2. The van der Waals surface area contributed by atoms with E-state index in [1.165, 1.54) is 28.3 Å². The SMILES string of the molecule is C=CC(=O)OCCCc1ccc(N(c2ccc(CCCOC(=O)/C(C)=C/C)cc2)c2ccc(C)c(C)c2)cc1. The molecule has 3 aromatic rings. The van der Waals surface area contributed by atoms with Crippen LogP contribution in [0.5, 0.6) is 0 Å². The van der Waals surface area contributed by atoms with Gasteiger partial charge in [0.25, 0.3) is 0 Å². The van der Waals surface area contributed by atoms with Crippen LogP contribution in [0.3, 0.4) is 0 Å². The highest BCUT2D eigenvalue weighted by Crippen LogP contribution is 2.35. The van der Waals surface area contributed by atoms with E-state index in [9.17, 15) is 9.59 Å². The Morgan fingerprint density at radius 1 is 0.769 bits per heavy atom. The van der Waals surface area contributed by atoms with Crippen LogP contribution in [0.4, 0.5) is 17.1 Å². The number of hydrogen-bond donors (Lipinski definition) is 0. The van der Waals surface area contributed by atoms with Crippen LogP contribution < -0.4 is 4.90 Å². The molecule has 3 rings (SSSR count). The molecular formula is C34H39NO4. The summed E-state index contributed by atoms with van der Waals surface area (Å²) in [6.07, 6.45) is 6.15. The summed E-state index contributed by atoms with van der Waals surface area (Å²) < 4.78 is 10.4. The van der Waals surface area contributed by atoms with Gasteiger partial charge in [-0.15, -0.1) is 0 Å². The standard InChI is InChI=1S/C34H39NO4/c1-6-25(3)34(37)39-23-9-11-29-15-20-31(21-16-29)35(32-17-12-26(4)27(5)24-32)30-18-13-28(14-19-30)10-8-22-38-33(36)7-2/h6-7,12-21,24H,2,8-11,22-23H2,1,3-5H3/b25-6+. The van der Waals surface area contributed by atoms with E-state index in [4.69, 9.17) is 9.47 Å². The fourth-order valence-corrected chi connectivity index (χ4v) is 4.12. The Morgan fingerprint density at radius 2 is 1.28 bits per heavy atom. The number of aryl methyl sites for hydroxylation is 4. The van der Waals surface area contributed by atoms with Gasteiger partial charge >= 0.3 is 11.9 Å². The van der Waals surface area contributed by atoms with Crippen LogP contribution in [0, 0.1) is 13.8 Å². The Morgan fingerprint density at radius 3 is 1.77 bits per heavy atom. The Labute approximate surface area is 232 Å². The van der Waals surface area contributed by atoms with Gasteiger partial charge in [-0.05, 0) is 112 Å². The van der Waals surface area contributed by atoms with Crippen LogP contribution in [0.25, 0.3) is 0 Å². The monoisotopic (exact) mass is 525 g/mol. The normalized spacial score (nSPS) is 11.1. The molecular weight excluding hydrogens is 486 g/mol. The van der Waals surface area contributed by atoms with E-state index < -0.39 is 0 Å². The summed E-state index contributed by atoms with van der Waals surface area (Å²) in [6, 6.07) is 23.6. The molecule has 0 aliphatic heterocycles. The first-order chi connectivity index (χ1) is 18.8. The van der Waals surface area contributed by atoms with Crippen molar-refractivity contribution in [3.63, 3.8) is 0 Å². The molecule has 0 amide bonds. The van der Waals surface area contributed by atoms with Crippen molar-refractivity contribution in [2.75, 3.05) is 18.1 Å². The van der Waals surface area contributed by atoms with Gasteiger partial charge in [-0.3, -0.25) is 0 Å². The summed E-state index contributed by atoms with van der Waals surface area (Å²) in [7, 11) is 0. The molecule has 0 spiro atoms. The van der Waals surface area contributed by atoms with Crippen LogP contribution in [-0.4, -0.2) is 25.2 Å². The van der Waals surface area contributed by atoms with E-state index in [0.29, 0.717) is 18.8 Å². The molecule has 0 heterocycles. The van der Waals surface area contributed by atoms with Gasteiger partial charge in [-0.1, -0.05) is 43.0 Å². The lowest BCUT2D eigenvalue weighted by Crippen LogP contribution is -2.11. The predicted molar refractivity (Wildman–Crippen MR) is 159 cm³/mol. The molecule has 0 aliphatic rings. The first-order valence-corrected chi connectivity index (χ1v) is 13.5. The zero-order chi connectivity index (χ0) is 28.2. The summed E-state index contributed by atoms with van der Waals surface area (Å²) in [4.78, 5) is 25.3. The molecule has 0 aliphatic carbocycles. The number of benzene rings is 3. The van der Waals surface area contributed by atoms with Gasteiger partial charge in [-0.25, -0.2) is 9.59 Å². The minimum Gasteiger partial charge on any atom is -0.463 e. The molecule has 0 saturated carbocycles. The second-order valence-electron chi connectivity index (χ2n) is 9.62. The molecule has 0 saturated heterocycles. The summed E-state index contributed by atoms with van der Waals surface area (Å²) >= 11 is 0. The van der Waals surface area contributed by atoms with Gasteiger partial charge in [0.05, 0.1) is 13.2 Å². The predicted octanol–water partition coefficient (Wildman–Crippen LogP) is 7.88. The number of rotatable bonds is 13. The molecule has 3 aromatic carbocycles. The maximum Gasteiger partial charge on any atom is 0.333 e. The molecule has 39 heavy (non-hydrogen) atoms. The number of carbonyl (C=O) groups is 2. The van der Waals surface area contributed by atoms with Gasteiger partial charge in [0.15, 0.2) is 0 Å². The van der Waals surface area contributed by atoms with E-state index >= 15 is 0 Å². The molecule has 204 valence electrons. The lowest BCUT2D eigenvalue weighted by Gasteiger charge is -2.26. The van der Waals surface area contributed by atoms with Crippen molar-refractivity contribution in [1.82, 2.24) is 0 Å². The molecule has 0 fully saturated rings. The van der Waals surface area contributed by atoms with Gasteiger partial charge < -0.3 is 14.4 Å². The van der Waals surface area contributed by atoms with Crippen molar-refractivity contribution in [2.24, 2.45) is 0 Å². The molecule has 5 heteroatoms. The van der Waals surface area contributed by atoms with Gasteiger partial charge in [-0.2, -0.15) is 0 Å². The van der Waals surface area contributed by atoms with E-state index in [-0.39, 0.29) is 11.9 Å². The van der Waals surface area contributed by atoms with Crippen molar-refractivity contribution in [3.8, 4) is 0 Å². The summed E-state index contributed by atoms with van der Waals surface area (Å²) in [5.74, 6) is -0.637. The highest BCUT2D eigenvalue weighted by molar-refractivity contribution is 5.87. The van der Waals surface area contributed by atoms with Gasteiger partial charge in [0.2, 0.25) is 0 Å². The Kier molecular flexibility index (Phi) is 11.1. The van der Waals surface area contributed by atoms with Crippen LogP contribution in [0.1, 0.15) is 48.9 Å². The fraction of sp³-hybridized carbons (Fsp3) is 0.294. The minimum atomic E-state index is -0.386.